The lowest BCUT2D eigenvalue weighted by atomic mass is 9.82. The van der Waals surface area contributed by atoms with Crippen LogP contribution in [0.15, 0.2) is 41.3 Å². The monoisotopic (exact) mass is 462 g/mol. The van der Waals surface area contributed by atoms with E-state index in [0.29, 0.717) is 22.3 Å². The van der Waals surface area contributed by atoms with Gasteiger partial charge in [0, 0.05) is 30.5 Å². The number of pyridine rings is 1. The number of para-hydroxylation sites is 1. The van der Waals surface area contributed by atoms with Crippen LogP contribution in [0.1, 0.15) is 67.6 Å². The first-order valence-electron chi connectivity index (χ1n) is 11.8. The quantitative estimate of drug-likeness (QED) is 0.556. The predicted octanol–water partition coefficient (Wildman–Crippen LogP) is 4.98. The fourth-order valence-electron chi connectivity index (χ4n) is 4.73. The summed E-state index contributed by atoms with van der Waals surface area (Å²) in [6.45, 7) is 14.1. The molecule has 7 heteroatoms. The van der Waals surface area contributed by atoms with Gasteiger partial charge in [0.15, 0.2) is 0 Å². The molecule has 1 fully saturated rings. The Labute approximate surface area is 200 Å². The standard InChI is InChI=1S/C27H34N4O3/c1-17-15-20(27(5,6)29-21-10-8-7-9-19(21)25(33)34)23-28-22(18(2)24(32)31(23)16-17)30-13-11-26(3,4)12-14-30/h7-10,15-16,29H,11-14H2,1-6H3,(H,33,34). The number of aromatic nitrogens is 2. The summed E-state index contributed by atoms with van der Waals surface area (Å²) in [7, 11) is 0. The number of benzene rings is 1. The number of hydrogen-bond acceptors (Lipinski definition) is 5. The van der Waals surface area contributed by atoms with Crippen LogP contribution >= 0.6 is 0 Å². The topological polar surface area (TPSA) is 86.9 Å². The lowest BCUT2D eigenvalue weighted by molar-refractivity contribution is 0.0698. The Kier molecular flexibility index (Phi) is 5.92. The second-order valence-corrected chi connectivity index (χ2v) is 10.7. The van der Waals surface area contributed by atoms with Gasteiger partial charge in [0.1, 0.15) is 11.5 Å². The lowest BCUT2D eigenvalue weighted by Gasteiger charge is -2.38. The van der Waals surface area contributed by atoms with Gasteiger partial charge in [-0.3, -0.25) is 9.20 Å². The molecule has 1 saturated heterocycles. The molecule has 1 aliphatic rings. The number of nitrogens with one attached hydrogen (secondary N) is 1. The Morgan fingerprint density at radius 3 is 2.44 bits per heavy atom. The minimum absolute atomic E-state index is 0.0727. The number of carboxylic acids is 1. The molecule has 0 spiro atoms. The van der Waals surface area contributed by atoms with Crippen molar-refractivity contribution in [2.24, 2.45) is 5.41 Å². The molecule has 3 aromatic rings. The highest BCUT2D eigenvalue weighted by Gasteiger charge is 2.30. The molecule has 34 heavy (non-hydrogen) atoms. The van der Waals surface area contributed by atoms with E-state index in [0.717, 1.165) is 42.9 Å². The Morgan fingerprint density at radius 1 is 1.15 bits per heavy atom. The van der Waals surface area contributed by atoms with E-state index in [1.165, 1.54) is 0 Å². The maximum atomic E-state index is 13.5. The highest BCUT2D eigenvalue weighted by atomic mass is 16.4. The van der Waals surface area contributed by atoms with E-state index in [4.69, 9.17) is 4.98 Å². The summed E-state index contributed by atoms with van der Waals surface area (Å²) in [4.78, 5) is 32.5. The van der Waals surface area contributed by atoms with Crippen LogP contribution in [0.25, 0.3) is 5.65 Å². The molecule has 0 bridgehead atoms. The zero-order valence-electron chi connectivity index (χ0n) is 20.9. The van der Waals surface area contributed by atoms with Crippen LogP contribution in [0.3, 0.4) is 0 Å². The molecule has 1 aliphatic heterocycles. The first kappa shape index (κ1) is 23.8. The van der Waals surface area contributed by atoms with Crippen molar-refractivity contribution in [1.82, 2.24) is 9.38 Å². The molecule has 0 unspecified atom stereocenters. The average molecular weight is 463 g/mol. The van der Waals surface area contributed by atoms with Crippen molar-refractivity contribution >= 4 is 23.1 Å². The van der Waals surface area contributed by atoms with Crippen molar-refractivity contribution in [2.45, 2.75) is 59.9 Å². The van der Waals surface area contributed by atoms with Gasteiger partial charge < -0.3 is 15.3 Å². The van der Waals surface area contributed by atoms with Gasteiger partial charge in [-0.15, -0.1) is 0 Å². The van der Waals surface area contributed by atoms with Crippen molar-refractivity contribution in [3.63, 3.8) is 0 Å². The number of nitrogens with zero attached hydrogens (tertiary/aromatic N) is 3. The fraction of sp³-hybridized carbons (Fsp3) is 0.444. The van der Waals surface area contributed by atoms with E-state index in [-0.39, 0.29) is 11.1 Å². The third-order valence-corrected chi connectivity index (χ3v) is 6.96. The van der Waals surface area contributed by atoms with Gasteiger partial charge in [0.05, 0.1) is 16.7 Å². The summed E-state index contributed by atoms with van der Waals surface area (Å²) in [5.74, 6) is -0.249. The van der Waals surface area contributed by atoms with Crippen LogP contribution in [-0.2, 0) is 5.54 Å². The Balaban J connectivity index is 1.85. The number of carboxylic acid groups (broad SMARTS) is 1. The first-order chi connectivity index (χ1) is 15.9. The minimum atomic E-state index is -0.992. The van der Waals surface area contributed by atoms with Crippen molar-refractivity contribution in [3.05, 3.63) is 69.1 Å². The van der Waals surface area contributed by atoms with Crippen LogP contribution in [0.5, 0.6) is 0 Å². The summed E-state index contributed by atoms with van der Waals surface area (Å²) in [5, 5.41) is 13.0. The number of hydrogen-bond donors (Lipinski definition) is 2. The molecule has 0 aliphatic carbocycles. The van der Waals surface area contributed by atoms with Gasteiger partial charge in [-0.2, -0.15) is 0 Å². The molecular formula is C27H34N4O3. The molecule has 180 valence electrons. The van der Waals surface area contributed by atoms with Gasteiger partial charge in [0.25, 0.3) is 5.56 Å². The summed E-state index contributed by atoms with van der Waals surface area (Å²) in [5.41, 5.74) is 3.25. The average Bonchev–Trinajstić information content (AvgIpc) is 2.76. The van der Waals surface area contributed by atoms with Crippen LogP contribution in [0, 0.1) is 19.3 Å². The molecule has 1 aromatic carbocycles. The number of aromatic carboxylic acids is 1. The smallest absolute Gasteiger partial charge is 0.337 e. The van der Waals surface area contributed by atoms with Crippen molar-refractivity contribution in [3.8, 4) is 0 Å². The van der Waals surface area contributed by atoms with Crippen molar-refractivity contribution < 1.29 is 9.90 Å². The van der Waals surface area contributed by atoms with Gasteiger partial charge in [-0.05, 0) is 69.7 Å². The van der Waals surface area contributed by atoms with Crippen molar-refractivity contribution in [1.29, 1.82) is 0 Å². The van der Waals surface area contributed by atoms with E-state index in [1.807, 2.05) is 40.0 Å². The molecule has 0 amide bonds. The van der Waals surface area contributed by atoms with Gasteiger partial charge in [-0.1, -0.05) is 26.0 Å². The number of fused-ring (bicyclic) bond motifs is 1. The molecular weight excluding hydrogens is 428 g/mol. The third-order valence-electron chi connectivity index (χ3n) is 6.96. The molecule has 2 N–H and O–H groups in total. The SMILES string of the molecule is Cc1cc(C(C)(C)Nc2ccccc2C(=O)O)c2nc(N3CCC(C)(C)CC3)c(C)c(=O)n2c1. The molecule has 4 rings (SSSR count). The maximum absolute atomic E-state index is 13.5. The normalized spacial score (nSPS) is 16.0. The molecule has 0 radical (unpaired) electrons. The van der Waals surface area contributed by atoms with E-state index < -0.39 is 11.5 Å². The fourth-order valence-corrected chi connectivity index (χ4v) is 4.73. The molecule has 3 heterocycles. The lowest BCUT2D eigenvalue weighted by Crippen LogP contribution is -2.39. The number of anilines is 2. The first-order valence-corrected chi connectivity index (χ1v) is 11.8. The van der Waals surface area contributed by atoms with Crippen LogP contribution < -0.4 is 15.8 Å². The second kappa shape index (κ2) is 8.46. The zero-order valence-corrected chi connectivity index (χ0v) is 20.9. The number of rotatable bonds is 5. The molecule has 2 aromatic heterocycles. The number of piperidine rings is 1. The number of carbonyl (C=O) groups is 1. The van der Waals surface area contributed by atoms with Crippen LogP contribution in [0.2, 0.25) is 0 Å². The number of aryl methyl sites for hydroxylation is 1. The van der Waals surface area contributed by atoms with Crippen LogP contribution in [-0.4, -0.2) is 33.6 Å². The Bertz CT molecular complexity index is 1310. The van der Waals surface area contributed by atoms with Gasteiger partial charge >= 0.3 is 5.97 Å². The van der Waals surface area contributed by atoms with Crippen LogP contribution in [0.4, 0.5) is 11.5 Å². The predicted molar refractivity (Wildman–Crippen MR) is 136 cm³/mol. The van der Waals surface area contributed by atoms with Gasteiger partial charge in [-0.25, -0.2) is 9.78 Å². The highest BCUT2D eigenvalue weighted by Crippen LogP contribution is 2.34. The Morgan fingerprint density at radius 2 is 1.79 bits per heavy atom. The second-order valence-electron chi connectivity index (χ2n) is 10.7. The summed E-state index contributed by atoms with van der Waals surface area (Å²) < 4.78 is 1.63. The minimum Gasteiger partial charge on any atom is -0.478 e. The van der Waals surface area contributed by atoms with E-state index in [9.17, 15) is 14.7 Å². The van der Waals surface area contributed by atoms with E-state index in [1.54, 1.807) is 28.7 Å². The molecule has 0 saturated carbocycles. The largest absolute Gasteiger partial charge is 0.478 e. The summed E-state index contributed by atoms with van der Waals surface area (Å²) in [6, 6.07) is 8.88. The van der Waals surface area contributed by atoms with E-state index in [2.05, 4.69) is 24.1 Å². The Hall–Kier alpha value is -3.35. The van der Waals surface area contributed by atoms with E-state index >= 15 is 0 Å². The van der Waals surface area contributed by atoms with Gasteiger partial charge in [0.2, 0.25) is 0 Å². The summed E-state index contributed by atoms with van der Waals surface area (Å²) in [6.07, 6.45) is 3.92. The van der Waals surface area contributed by atoms with Crippen molar-refractivity contribution in [2.75, 3.05) is 23.3 Å². The summed E-state index contributed by atoms with van der Waals surface area (Å²) >= 11 is 0. The third kappa shape index (κ3) is 4.39. The molecule has 7 nitrogen and oxygen atoms in total. The zero-order chi connectivity index (χ0) is 24.8. The highest BCUT2D eigenvalue weighted by molar-refractivity contribution is 5.94. The maximum Gasteiger partial charge on any atom is 0.337 e. The molecule has 0 atom stereocenters.